The van der Waals surface area contributed by atoms with E-state index in [0.717, 1.165) is 23.5 Å². The van der Waals surface area contributed by atoms with E-state index >= 15 is 0 Å². The molecule has 0 bridgehead atoms. The fraction of sp³-hybridized carbons (Fsp3) is 0.222. The molecule has 0 atom stereocenters. The lowest BCUT2D eigenvalue weighted by Gasteiger charge is -2.04. The molecule has 0 spiro atoms. The third kappa shape index (κ3) is 2.47. The maximum Gasteiger partial charge on any atom is 0.153 e. The SMILES string of the molecule is CCc1c(C)c(-c2cccc(C)c2)nn1-c1ccccn1. The Hall–Kier alpha value is -2.42. The van der Waals surface area contributed by atoms with Gasteiger partial charge in [0.15, 0.2) is 5.82 Å². The van der Waals surface area contributed by atoms with Crippen LogP contribution >= 0.6 is 0 Å². The van der Waals surface area contributed by atoms with Gasteiger partial charge in [-0.15, -0.1) is 0 Å². The van der Waals surface area contributed by atoms with Crippen LogP contribution < -0.4 is 0 Å². The molecule has 0 aliphatic rings. The second-order valence-electron chi connectivity index (χ2n) is 5.24. The van der Waals surface area contributed by atoms with Crippen molar-refractivity contribution >= 4 is 0 Å². The van der Waals surface area contributed by atoms with Crippen LogP contribution in [0.2, 0.25) is 0 Å². The molecule has 21 heavy (non-hydrogen) atoms. The number of hydrogen-bond donors (Lipinski definition) is 0. The smallest absolute Gasteiger partial charge is 0.153 e. The molecule has 0 N–H and O–H groups in total. The number of benzene rings is 1. The Bertz CT molecular complexity index is 757. The van der Waals surface area contributed by atoms with Gasteiger partial charge in [-0.3, -0.25) is 0 Å². The summed E-state index contributed by atoms with van der Waals surface area (Å²) in [5.74, 6) is 0.872. The average Bonchev–Trinajstić information content (AvgIpc) is 2.85. The minimum absolute atomic E-state index is 0.872. The quantitative estimate of drug-likeness (QED) is 0.721. The normalized spacial score (nSPS) is 10.8. The summed E-state index contributed by atoms with van der Waals surface area (Å²) in [4.78, 5) is 4.42. The first kappa shape index (κ1) is 13.6. The zero-order valence-electron chi connectivity index (χ0n) is 12.7. The van der Waals surface area contributed by atoms with Gasteiger partial charge in [0.25, 0.3) is 0 Å². The van der Waals surface area contributed by atoms with Crippen molar-refractivity contribution in [2.24, 2.45) is 0 Å². The maximum atomic E-state index is 4.82. The van der Waals surface area contributed by atoms with Gasteiger partial charge in [0, 0.05) is 17.5 Å². The fourth-order valence-corrected chi connectivity index (χ4v) is 2.68. The van der Waals surface area contributed by atoms with Crippen LogP contribution in [0, 0.1) is 13.8 Å². The van der Waals surface area contributed by atoms with E-state index in [4.69, 9.17) is 5.10 Å². The number of aromatic nitrogens is 3. The summed E-state index contributed by atoms with van der Waals surface area (Å²) < 4.78 is 1.97. The van der Waals surface area contributed by atoms with Gasteiger partial charge in [-0.25, -0.2) is 9.67 Å². The van der Waals surface area contributed by atoms with E-state index in [2.05, 4.69) is 50.0 Å². The number of aryl methyl sites for hydroxylation is 1. The summed E-state index contributed by atoms with van der Waals surface area (Å²) >= 11 is 0. The molecule has 3 heteroatoms. The van der Waals surface area contributed by atoms with E-state index in [1.807, 2.05) is 22.9 Å². The Morgan fingerprint density at radius 2 is 1.90 bits per heavy atom. The van der Waals surface area contributed by atoms with Crippen molar-refractivity contribution < 1.29 is 0 Å². The van der Waals surface area contributed by atoms with E-state index in [1.54, 1.807) is 6.20 Å². The van der Waals surface area contributed by atoms with E-state index < -0.39 is 0 Å². The fourth-order valence-electron chi connectivity index (χ4n) is 2.68. The van der Waals surface area contributed by atoms with Crippen LogP contribution in [-0.4, -0.2) is 14.8 Å². The number of rotatable bonds is 3. The molecule has 2 heterocycles. The van der Waals surface area contributed by atoms with Crippen LogP contribution in [-0.2, 0) is 6.42 Å². The van der Waals surface area contributed by atoms with Crippen LogP contribution in [0.25, 0.3) is 17.1 Å². The second kappa shape index (κ2) is 5.52. The van der Waals surface area contributed by atoms with Gasteiger partial charge < -0.3 is 0 Å². The third-order valence-electron chi connectivity index (χ3n) is 3.74. The molecule has 0 saturated heterocycles. The van der Waals surface area contributed by atoms with Crippen molar-refractivity contribution in [2.75, 3.05) is 0 Å². The molecule has 106 valence electrons. The van der Waals surface area contributed by atoms with E-state index in [-0.39, 0.29) is 0 Å². The summed E-state index contributed by atoms with van der Waals surface area (Å²) in [7, 11) is 0. The van der Waals surface area contributed by atoms with Gasteiger partial charge in [0.1, 0.15) is 0 Å². The standard InChI is InChI=1S/C18H19N3/c1-4-16-14(3)18(15-9-7-8-13(2)12-15)20-21(16)17-10-5-6-11-19-17/h5-12H,4H2,1-3H3. The van der Waals surface area contributed by atoms with Gasteiger partial charge in [-0.2, -0.15) is 5.10 Å². The molecule has 0 amide bonds. The summed E-state index contributed by atoms with van der Waals surface area (Å²) in [5.41, 5.74) is 5.90. The highest BCUT2D eigenvalue weighted by Crippen LogP contribution is 2.27. The first-order chi connectivity index (χ1) is 10.2. The molecule has 0 fully saturated rings. The molecule has 3 rings (SSSR count). The Morgan fingerprint density at radius 3 is 2.57 bits per heavy atom. The highest BCUT2D eigenvalue weighted by atomic mass is 15.3. The Morgan fingerprint density at radius 1 is 1.05 bits per heavy atom. The lowest BCUT2D eigenvalue weighted by atomic mass is 10.0. The molecule has 0 unspecified atom stereocenters. The Balaban J connectivity index is 2.18. The number of nitrogens with zero attached hydrogens (tertiary/aromatic N) is 3. The van der Waals surface area contributed by atoms with Gasteiger partial charge >= 0.3 is 0 Å². The lowest BCUT2D eigenvalue weighted by Crippen LogP contribution is -2.03. The Labute approximate surface area is 125 Å². The molecule has 1 aromatic carbocycles. The van der Waals surface area contributed by atoms with Crippen LogP contribution in [0.15, 0.2) is 48.7 Å². The van der Waals surface area contributed by atoms with Crippen molar-refractivity contribution in [3.63, 3.8) is 0 Å². The molecule has 0 saturated carbocycles. The van der Waals surface area contributed by atoms with Crippen molar-refractivity contribution in [3.8, 4) is 17.1 Å². The predicted molar refractivity (Wildman–Crippen MR) is 85.6 cm³/mol. The molecule has 0 aliphatic carbocycles. The zero-order valence-corrected chi connectivity index (χ0v) is 12.7. The highest BCUT2D eigenvalue weighted by Gasteiger charge is 2.16. The van der Waals surface area contributed by atoms with Crippen molar-refractivity contribution in [2.45, 2.75) is 27.2 Å². The van der Waals surface area contributed by atoms with E-state index in [9.17, 15) is 0 Å². The van der Waals surface area contributed by atoms with Gasteiger partial charge in [0.2, 0.25) is 0 Å². The maximum absolute atomic E-state index is 4.82. The van der Waals surface area contributed by atoms with Gasteiger partial charge in [0.05, 0.1) is 5.69 Å². The topological polar surface area (TPSA) is 30.7 Å². The monoisotopic (exact) mass is 277 g/mol. The summed E-state index contributed by atoms with van der Waals surface area (Å²) in [5, 5.41) is 4.82. The summed E-state index contributed by atoms with van der Waals surface area (Å²) in [6.07, 6.45) is 2.74. The minimum Gasteiger partial charge on any atom is -0.237 e. The van der Waals surface area contributed by atoms with Crippen LogP contribution in [0.3, 0.4) is 0 Å². The summed E-state index contributed by atoms with van der Waals surface area (Å²) in [6.45, 7) is 6.40. The summed E-state index contributed by atoms with van der Waals surface area (Å²) in [6, 6.07) is 14.4. The average molecular weight is 277 g/mol. The van der Waals surface area contributed by atoms with E-state index in [0.29, 0.717) is 0 Å². The third-order valence-corrected chi connectivity index (χ3v) is 3.74. The molecular weight excluding hydrogens is 258 g/mol. The van der Waals surface area contributed by atoms with Gasteiger partial charge in [-0.05, 0) is 44.0 Å². The van der Waals surface area contributed by atoms with Crippen LogP contribution in [0.4, 0.5) is 0 Å². The highest BCUT2D eigenvalue weighted by molar-refractivity contribution is 5.65. The van der Waals surface area contributed by atoms with E-state index in [1.165, 1.54) is 16.8 Å². The molecule has 3 aromatic rings. The number of hydrogen-bond acceptors (Lipinski definition) is 2. The molecular formula is C18H19N3. The Kier molecular flexibility index (Phi) is 3.57. The van der Waals surface area contributed by atoms with Crippen molar-refractivity contribution in [3.05, 3.63) is 65.5 Å². The number of pyridine rings is 1. The zero-order chi connectivity index (χ0) is 14.8. The lowest BCUT2D eigenvalue weighted by molar-refractivity contribution is 0.789. The predicted octanol–water partition coefficient (Wildman–Crippen LogP) is 4.11. The molecule has 2 aromatic heterocycles. The van der Waals surface area contributed by atoms with Crippen molar-refractivity contribution in [1.82, 2.24) is 14.8 Å². The molecule has 0 aliphatic heterocycles. The van der Waals surface area contributed by atoms with Crippen LogP contribution in [0.5, 0.6) is 0 Å². The molecule has 0 radical (unpaired) electrons. The first-order valence-corrected chi connectivity index (χ1v) is 7.27. The van der Waals surface area contributed by atoms with Crippen molar-refractivity contribution in [1.29, 1.82) is 0 Å². The molecule has 3 nitrogen and oxygen atoms in total. The second-order valence-corrected chi connectivity index (χ2v) is 5.24. The largest absolute Gasteiger partial charge is 0.237 e. The first-order valence-electron chi connectivity index (χ1n) is 7.27. The van der Waals surface area contributed by atoms with Crippen LogP contribution in [0.1, 0.15) is 23.7 Å². The minimum atomic E-state index is 0.872. The van der Waals surface area contributed by atoms with Gasteiger partial charge in [-0.1, -0.05) is 36.8 Å².